The third-order valence-corrected chi connectivity index (χ3v) is 6.00. The van der Waals surface area contributed by atoms with Crippen LogP contribution in [0.3, 0.4) is 0 Å². The van der Waals surface area contributed by atoms with Crippen LogP contribution in [-0.4, -0.2) is 55.7 Å². The van der Waals surface area contributed by atoms with E-state index in [1.54, 1.807) is 6.92 Å². The first-order valence-electron chi connectivity index (χ1n) is 8.18. The second-order valence-electron chi connectivity index (χ2n) is 5.97. The molecule has 126 valence electrons. The number of sulfone groups is 1. The summed E-state index contributed by atoms with van der Waals surface area (Å²) in [5.74, 6) is 0.984. The van der Waals surface area contributed by atoms with Crippen molar-refractivity contribution >= 4 is 9.84 Å². The zero-order valence-electron chi connectivity index (χ0n) is 13.7. The molecular formula is C16H28N2O3S. The normalized spacial score (nSPS) is 19.8. The van der Waals surface area contributed by atoms with Gasteiger partial charge in [0.2, 0.25) is 0 Å². The Kier molecular flexibility index (Phi) is 6.47. The fourth-order valence-electron chi connectivity index (χ4n) is 2.93. The van der Waals surface area contributed by atoms with Crippen molar-refractivity contribution in [3.63, 3.8) is 0 Å². The maximum absolute atomic E-state index is 11.8. The zero-order chi connectivity index (χ0) is 16.0. The highest BCUT2D eigenvalue weighted by Gasteiger charge is 2.22. The summed E-state index contributed by atoms with van der Waals surface area (Å²) in [6, 6.07) is 4.20. The van der Waals surface area contributed by atoms with Crippen LogP contribution in [0.15, 0.2) is 18.3 Å². The molecule has 0 saturated carbocycles. The van der Waals surface area contributed by atoms with Crippen molar-refractivity contribution in [1.82, 2.24) is 9.47 Å². The molecule has 0 amide bonds. The summed E-state index contributed by atoms with van der Waals surface area (Å²) in [5.41, 5.74) is 1.27. The monoisotopic (exact) mass is 328 g/mol. The summed E-state index contributed by atoms with van der Waals surface area (Å²) >= 11 is 0. The lowest BCUT2D eigenvalue weighted by atomic mass is 10.1. The summed E-state index contributed by atoms with van der Waals surface area (Å²) in [6.07, 6.45) is 3.14. The number of hydrogen-bond donors (Lipinski definition) is 0. The van der Waals surface area contributed by atoms with E-state index in [0.29, 0.717) is 12.5 Å². The first kappa shape index (κ1) is 17.5. The summed E-state index contributed by atoms with van der Waals surface area (Å²) in [5, 5.41) is 0. The smallest absolute Gasteiger partial charge is 0.151 e. The molecule has 0 radical (unpaired) electrons. The van der Waals surface area contributed by atoms with Gasteiger partial charge in [0.05, 0.1) is 5.75 Å². The average Bonchev–Trinajstić information content (AvgIpc) is 2.85. The zero-order valence-corrected chi connectivity index (χ0v) is 14.5. The number of ether oxygens (including phenoxy) is 1. The molecular weight excluding hydrogens is 300 g/mol. The van der Waals surface area contributed by atoms with E-state index in [1.807, 2.05) is 6.92 Å². The molecule has 0 aromatic carbocycles. The molecule has 5 nitrogen and oxygen atoms in total. The lowest BCUT2D eigenvalue weighted by molar-refractivity contribution is 0.120. The third kappa shape index (κ3) is 5.11. The molecule has 2 heterocycles. The van der Waals surface area contributed by atoms with Crippen molar-refractivity contribution in [2.45, 2.75) is 33.4 Å². The van der Waals surface area contributed by atoms with E-state index in [9.17, 15) is 8.42 Å². The fourth-order valence-corrected chi connectivity index (χ4v) is 3.75. The number of fused-ring (bicyclic) bond motifs is 1. The predicted molar refractivity (Wildman–Crippen MR) is 88.6 cm³/mol. The van der Waals surface area contributed by atoms with Crippen LogP contribution >= 0.6 is 0 Å². The van der Waals surface area contributed by atoms with Crippen molar-refractivity contribution in [3.8, 4) is 0 Å². The Morgan fingerprint density at radius 1 is 1.32 bits per heavy atom. The van der Waals surface area contributed by atoms with Gasteiger partial charge in [0.15, 0.2) is 9.84 Å². The molecule has 0 bridgehead atoms. The maximum atomic E-state index is 11.8. The highest BCUT2D eigenvalue weighted by molar-refractivity contribution is 7.91. The first-order chi connectivity index (χ1) is 10.5. The van der Waals surface area contributed by atoms with Gasteiger partial charge in [0, 0.05) is 57.0 Å². The van der Waals surface area contributed by atoms with Crippen molar-refractivity contribution in [2.24, 2.45) is 5.92 Å². The third-order valence-electron chi connectivity index (χ3n) is 4.31. The standard InChI is InChI=1S/C16H28N2O3S/c1-3-21-10-7-15-12-17(9-11-22(19,20)4-2)14-16-6-5-8-18(16)13-15/h5-6,8,15H,3-4,7,9-14H2,1-2H3/t15-/m0/s1. The minimum atomic E-state index is -2.91. The Labute approximate surface area is 134 Å². The van der Waals surface area contributed by atoms with Crippen LogP contribution in [0.1, 0.15) is 26.0 Å². The van der Waals surface area contributed by atoms with Crippen molar-refractivity contribution in [1.29, 1.82) is 0 Å². The molecule has 1 atom stereocenters. The molecule has 1 aliphatic heterocycles. The van der Waals surface area contributed by atoms with Gasteiger partial charge in [-0.05, 0) is 31.4 Å². The Bertz CT molecular complexity index is 553. The van der Waals surface area contributed by atoms with Gasteiger partial charge in [0.1, 0.15) is 0 Å². The van der Waals surface area contributed by atoms with E-state index in [-0.39, 0.29) is 11.5 Å². The van der Waals surface area contributed by atoms with Gasteiger partial charge >= 0.3 is 0 Å². The van der Waals surface area contributed by atoms with Gasteiger partial charge < -0.3 is 9.30 Å². The van der Waals surface area contributed by atoms with E-state index in [4.69, 9.17) is 4.74 Å². The van der Waals surface area contributed by atoms with Gasteiger partial charge in [-0.15, -0.1) is 0 Å². The molecule has 2 rings (SSSR count). The number of rotatable bonds is 8. The summed E-state index contributed by atoms with van der Waals surface area (Å²) in [7, 11) is -2.91. The second kappa shape index (κ2) is 8.13. The lowest BCUT2D eigenvalue weighted by Gasteiger charge is -2.23. The summed E-state index contributed by atoms with van der Waals surface area (Å²) in [4.78, 5) is 2.28. The van der Waals surface area contributed by atoms with Crippen LogP contribution in [0.25, 0.3) is 0 Å². The van der Waals surface area contributed by atoms with Crippen molar-refractivity contribution < 1.29 is 13.2 Å². The van der Waals surface area contributed by atoms with Gasteiger partial charge in [0.25, 0.3) is 0 Å². The molecule has 22 heavy (non-hydrogen) atoms. The second-order valence-corrected chi connectivity index (χ2v) is 8.45. The maximum Gasteiger partial charge on any atom is 0.151 e. The largest absolute Gasteiger partial charge is 0.382 e. The molecule has 6 heteroatoms. The van der Waals surface area contributed by atoms with Gasteiger partial charge in [-0.1, -0.05) is 6.92 Å². The van der Waals surface area contributed by atoms with Crippen LogP contribution in [-0.2, 0) is 27.7 Å². The summed E-state index contributed by atoms with van der Waals surface area (Å²) in [6.45, 7) is 8.63. The average molecular weight is 328 g/mol. The number of nitrogens with zero attached hydrogens (tertiary/aromatic N) is 2. The highest BCUT2D eigenvalue weighted by Crippen LogP contribution is 2.19. The SMILES string of the molecule is CCOCC[C@H]1CN(CCS(=O)(=O)CC)Cc2cccn2C1. The Morgan fingerprint density at radius 2 is 2.14 bits per heavy atom. The molecule has 0 spiro atoms. The van der Waals surface area contributed by atoms with Gasteiger partial charge in [-0.2, -0.15) is 0 Å². The quantitative estimate of drug-likeness (QED) is 0.683. The van der Waals surface area contributed by atoms with E-state index in [0.717, 1.165) is 39.3 Å². The minimum Gasteiger partial charge on any atom is -0.382 e. The minimum absolute atomic E-state index is 0.227. The molecule has 1 aliphatic rings. The summed E-state index contributed by atoms with van der Waals surface area (Å²) < 4.78 is 31.3. The number of hydrogen-bond acceptors (Lipinski definition) is 4. The van der Waals surface area contributed by atoms with Gasteiger partial charge in [-0.25, -0.2) is 8.42 Å². The van der Waals surface area contributed by atoms with E-state index < -0.39 is 9.84 Å². The number of aromatic nitrogens is 1. The van der Waals surface area contributed by atoms with Crippen LogP contribution < -0.4 is 0 Å². The lowest BCUT2D eigenvalue weighted by Crippen LogP contribution is -2.33. The van der Waals surface area contributed by atoms with E-state index in [2.05, 4.69) is 27.8 Å². The fraction of sp³-hybridized carbons (Fsp3) is 0.750. The molecule has 0 saturated heterocycles. The van der Waals surface area contributed by atoms with Crippen molar-refractivity contribution in [2.75, 3.05) is 37.8 Å². The molecule has 1 aromatic heterocycles. The van der Waals surface area contributed by atoms with E-state index >= 15 is 0 Å². The molecule has 0 unspecified atom stereocenters. The van der Waals surface area contributed by atoms with Crippen molar-refractivity contribution in [3.05, 3.63) is 24.0 Å². The van der Waals surface area contributed by atoms with Crippen LogP contribution in [0.5, 0.6) is 0 Å². The van der Waals surface area contributed by atoms with E-state index in [1.165, 1.54) is 5.69 Å². The molecule has 1 aromatic rings. The van der Waals surface area contributed by atoms with Gasteiger partial charge in [-0.3, -0.25) is 4.90 Å². The Morgan fingerprint density at radius 3 is 2.86 bits per heavy atom. The van der Waals surface area contributed by atoms with Crippen LogP contribution in [0.2, 0.25) is 0 Å². The predicted octanol–water partition coefficient (Wildman–Crippen LogP) is 1.78. The van der Waals surface area contributed by atoms with Crippen LogP contribution in [0.4, 0.5) is 0 Å². The highest BCUT2D eigenvalue weighted by atomic mass is 32.2. The topological polar surface area (TPSA) is 51.5 Å². The molecule has 0 aliphatic carbocycles. The van der Waals surface area contributed by atoms with Crippen LogP contribution in [0, 0.1) is 5.92 Å². The Hall–Kier alpha value is -0.850. The molecule has 0 N–H and O–H groups in total. The first-order valence-corrected chi connectivity index (χ1v) is 10.0. The Balaban J connectivity index is 2.00. The molecule has 0 fully saturated rings.